The molecule has 1 amide bonds. The number of ether oxygens (including phenoxy) is 2. The highest BCUT2D eigenvalue weighted by Gasteiger charge is 2.48. The van der Waals surface area contributed by atoms with Crippen molar-refractivity contribution in [2.75, 3.05) is 19.1 Å². The molecule has 0 bridgehead atoms. The first-order valence-corrected chi connectivity index (χ1v) is 11.2. The number of anilines is 1. The number of carbonyl (C=O) groups excluding carboxylic acids is 2. The van der Waals surface area contributed by atoms with Gasteiger partial charge in [0.05, 0.1) is 36.6 Å². The molecule has 1 fully saturated rings. The van der Waals surface area contributed by atoms with Crippen LogP contribution in [0.25, 0.3) is 5.76 Å². The molecule has 1 N–H and O–H groups in total. The number of nitrogens with zero attached hydrogens (tertiary/aromatic N) is 2. The second-order valence-electron chi connectivity index (χ2n) is 7.43. The average Bonchev–Trinajstić information content (AvgIpc) is 3.28. The van der Waals surface area contributed by atoms with Gasteiger partial charge in [0.15, 0.2) is 5.13 Å². The molecular formula is C24H21ClN2O5S. The first-order chi connectivity index (χ1) is 15.8. The average molecular weight is 485 g/mol. The number of benzene rings is 2. The molecule has 0 spiro atoms. The molecule has 2 aromatic carbocycles. The van der Waals surface area contributed by atoms with Crippen LogP contribution in [0.5, 0.6) is 11.5 Å². The van der Waals surface area contributed by atoms with E-state index in [9.17, 15) is 14.7 Å². The number of halogens is 1. The summed E-state index contributed by atoms with van der Waals surface area (Å²) in [5.41, 5.74) is 1.65. The molecule has 0 radical (unpaired) electrons. The maximum atomic E-state index is 13.2. The minimum atomic E-state index is -0.873. The summed E-state index contributed by atoms with van der Waals surface area (Å²) in [6, 6.07) is 10.8. The zero-order valence-corrected chi connectivity index (χ0v) is 20.0. The summed E-state index contributed by atoms with van der Waals surface area (Å²) in [6.45, 7) is 3.74. The molecule has 1 aliphatic rings. The highest BCUT2D eigenvalue weighted by molar-refractivity contribution is 7.16. The van der Waals surface area contributed by atoms with Gasteiger partial charge in [0.25, 0.3) is 5.78 Å². The lowest BCUT2D eigenvalue weighted by molar-refractivity contribution is -0.132. The second-order valence-corrected chi connectivity index (χ2v) is 9.02. The van der Waals surface area contributed by atoms with Crippen molar-refractivity contribution >= 4 is 45.5 Å². The van der Waals surface area contributed by atoms with Crippen LogP contribution in [0.3, 0.4) is 0 Å². The SMILES string of the molecule is COc1ccc([C@@H]2C(=C(O)c3ccc(OC)c(Cl)c3)C(=O)C(=O)N2c2nc(C)c(C)s2)cc1. The molecule has 7 nitrogen and oxygen atoms in total. The van der Waals surface area contributed by atoms with Crippen molar-refractivity contribution < 1.29 is 24.2 Å². The van der Waals surface area contributed by atoms with E-state index in [0.29, 0.717) is 27.8 Å². The number of methoxy groups -OCH3 is 2. The molecule has 3 aromatic rings. The lowest BCUT2D eigenvalue weighted by Crippen LogP contribution is -2.29. The van der Waals surface area contributed by atoms with Gasteiger partial charge in [-0.05, 0) is 49.7 Å². The smallest absolute Gasteiger partial charge is 0.301 e. The van der Waals surface area contributed by atoms with Gasteiger partial charge in [-0.3, -0.25) is 14.5 Å². The molecule has 1 aromatic heterocycles. The number of ketones is 1. The van der Waals surface area contributed by atoms with Crippen LogP contribution in [-0.4, -0.2) is 36.0 Å². The van der Waals surface area contributed by atoms with Gasteiger partial charge in [-0.1, -0.05) is 23.7 Å². The summed E-state index contributed by atoms with van der Waals surface area (Å²) in [5.74, 6) is -0.838. The van der Waals surface area contributed by atoms with E-state index in [1.54, 1.807) is 43.5 Å². The third kappa shape index (κ3) is 3.96. The fourth-order valence-electron chi connectivity index (χ4n) is 3.66. The molecule has 4 rings (SSSR count). The van der Waals surface area contributed by atoms with E-state index in [0.717, 1.165) is 10.6 Å². The number of aryl methyl sites for hydroxylation is 2. The van der Waals surface area contributed by atoms with E-state index in [4.69, 9.17) is 21.1 Å². The number of hydrogen-bond acceptors (Lipinski definition) is 7. The van der Waals surface area contributed by atoms with Gasteiger partial charge in [0.2, 0.25) is 0 Å². The minimum absolute atomic E-state index is 0.0445. The lowest BCUT2D eigenvalue weighted by atomic mass is 9.95. The fraction of sp³-hybridized carbons (Fsp3) is 0.208. The van der Waals surface area contributed by atoms with Gasteiger partial charge in [-0.15, -0.1) is 11.3 Å². The van der Waals surface area contributed by atoms with Crippen molar-refractivity contribution in [3.8, 4) is 11.5 Å². The zero-order chi connectivity index (χ0) is 23.9. The molecular weight excluding hydrogens is 464 g/mol. The van der Waals surface area contributed by atoms with Crippen molar-refractivity contribution in [3.05, 3.63) is 74.8 Å². The maximum Gasteiger partial charge on any atom is 0.301 e. The Bertz CT molecular complexity index is 1260. The number of Topliss-reactive ketones (excluding diaryl/α,β-unsaturated/α-hetero) is 1. The van der Waals surface area contributed by atoms with Crippen molar-refractivity contribution in [2.24, 2.45) is 0 Å². The maximum absolute atomic E-state index is 13.2. The van der Waals surface area contributed by atoms with E-state index in [1.165, 1.54) is 29.4 Å². The van der Waals surface area contributed by atoms with Gasteiger partial charge >= 0.3 is 5.91 Å². The number of rotatable bonds is 5. The highest BCUT2D eigenvalue weighted by atomic mass is 35.5. The van der Waals surface area contributed by atoms with E-state index in [-0.39, 0.29) is 16.4 Å². The molecule has 2 heterocycles. The molecule has 1 saturated heterocycles. The molecule has 1 aliphatic heterocycles. The Morgan fingerprint density at radius 3 is 2.33 bits per heavy atom. The fourth-order valence-corrected chi connectivity index (χ4v) is 4.85. The summed E-state index contributed by atoms with van der Waals surface area (Å²) in [7, 11) is 3.03. The number of aromatic nitrogens is 1. The van der Waals surface area contributed by atoms with E-state index in [1.807, 2.05) is 13.8 Å². The van der Waals surface area contributed by atoms with Crippen LogP contribution < -0.4 is 14.4 Å². The van der Waals surface area contributed by atoms with Crippen LogP contribution in [0.4, 0.5) is 5.13 Å². The standard InChI is InChI=1S/C24H21ClN2O5S/c1-12-13(2)33-24(26-12)27-20(14-5-8-16(31-3)9-6-14)19(22(29)23(27)30)21(28)15-7-10-18(32-4)17(25)11-15/h5-11,20,28H,1-4H3/t20-/m1/s1. The normalized spacial score (nSPS) is 17.5. The summed E-state index contributed by atoms with van der Waals surface area (Å²) < 4.78 is 10.4. The van der Waals surface area contributed by atoms with Crippen molar-refractivity contribution in [2.45, 2.75) is 19.9 Å². The third-order valence-corrected chi connectivity index (χ3v) is 6.89. The molecule has 0 saturated carbocycles. The molecule has 1 atom stereocenters. The van der Waals surface area contributed by atoms with Gasteiger partial charge in [0, 0.05) is 10.4 Å². The van der Waals surface area contributed by atoms with Gasteiger partial charge in [-0.2, -0.15) is 0 Å². The summed E-state index contributed by atoms with van der Waals surface area (Å²) in [4.78, 5) is 33.1. The zero-order valence-electron chi connectivity index (χ0n) is 18.4. The summed E-state index contributed by atoms with van der Waals surface area (Å²) >= 11 is 7.55. The van der Waals surface area contributed by atoms with Crippen LogP contribution in [0.15, 0.2) is 48.0 Å². The van der Waals surface area contributed by atoms with Crippen LogP contribution >= 0.6 is 22.9 Å². The van der Waals surface area contributed by atoms with Gasteiger partial charge in [0.1, 0.15) is 17.3 Å². The molecule has 0 unspecified atom stereocenters. The van der Waals surface area contributed by atoms with Crippen LogP contribution in [0.2, 0.25) is 5.02 Å². The first kappa shape index (κ1) is 22.8. The lowest BCUT2D eigenvalue weighted by Gasteiger charge is -2.23. The topological polar surface area (TPSA) is 89.0 Å². The summed E-state index contributed by atoms with van der Waals surface area (Å²) in [6.07, 6.45) is 0. The van der Waals surface area contributed by atoms with E-state index in [2.05, 4.69) is 4.98 Å². The van der Waals surface area contributed by atoms with Crippen LogP contribution in [0.1, 0.15) is 27.7 Å². The van der Waals surface area contributed by atoms with Gasteiger partial charge < -0.3 is 14.6 Å². The van der Waals surface area contributed by atoms with Gasteiger partial charge in [-0.25, -0.2) is 4.98 Å². The van der Waals surface area contributed by atoms with E-state index >= 15 is 0 Å². The van der Waals surface area contributed by atoms with Crippen molar-refractivity contribution in [1.29, 1.82) is 0 Å². The largest absolute Gasteiger partial charge is 0.507 e. The van der Waals surface area contributed by atoms with Crippen LogP contribution in [-0.2, 0) is 9.59 Å². The number of aliphatic hydroxyl groups is 1. The molecule has 170 valence electrons. The van der Waals surface area contributed by atoms with Crippen LogP contribution in [0, 0.1) is 13.8 Å². The number of aliphatic hydroxyl groups excluding tert-OH is 1. The monoisotopic (exact) mass is 484 g/mol. The Hall–Kier alpha value is -3.36. The Balaban J connectivity index is 1.93. The highest BCUT2D eigenvalue weighted by Crippen LogP contribution is 2.44. The Morgan fingerprint density at radius 1 is 1.09 bits per heavy atom. The number of hydrogen-bond donors (Lipinski definition) is 1. The minimum Gasteiger partial charge on any atom is -0.507 e. The first-order valence-electron chi connectivity index (χ1n) is 9.99. The molecule has 33 heavy (non-hydrogen) atoms. The quantitative estimate of drug-likeness (QED) is 0.309. The molecule has 9 heteroatoms. The Kier molecular flexibility index (Phi) is 6.14. The number of amides is 1. The number of thiazole rings is 1. The third-order valence-electron chi connectivity index (χ3n) is 5.52. The van der Waals surface area contributed by atoms with Crippen molar-refractivity contribution in [3.63, 3.8) is 0 Å². The van der Waals surface area contributed by atoms with E-state index < -0.39 is 17.7 Å². The summed E-state index contributed by atoms with van der Waals surface area (Å²) in [5, 5.41) is 11.8. The predicted molar refractivity (Wildman–Crippen MR) is 127 cm³/mol. The Morgan fingerprint density at radius 2 is 1.79 bits per heavy atom. The van der Waals surface area contributed by atoms with Crippen molar-refractivity contribution in [1.82, 2.24) is 4.98 Å². The number of carbonyl (C=O) groups is 2. The second kappa shape index (κ2) is 8.88. The molecule has 0 aliphatic carbocycles. The Labute approximate surface area is 199 Å². The predicted octanol–water partition coefficient (Wildman–Crippen LogP) is 5.06.